The summed E-state index contributed by atoms with van der Waals surface area (Å²) in [6, 6.07) is 2.62. The molecule has 0 fully saturated rings. The molecule has 0 aromatic rings. The van der Waals surface area contributed by atoms with E-state index in [1.54, 1.807) is 0 Å². The van der Waals surface area contributed by atoms with E-state index in [0.29, 0.717) is 12.5 Å². The molecule has 2 atom stereocenters. The Morgan fingerprint density at radius 3 is 3.00 bits per heavy atom. The van der Waals surface area contributed by atoms with Crippen molar-refractivity contribution in [3.8, 4) is 6.07 Å². The molecule has 14 heavy (non-hydrogen) atoms. The van der Waals surface area contributed by atoms with Crippen molar-refractivity contribution in [2.45, 2.75) is 45.1 Å². The number of nitriles is 1. The molecule has 0 spiro atoms. The summed E-state index contributed by atoms with van der Waals surface area (Å²) >= 11 is 0. The number of nitrogens with zero attached hydrogens (tertiary/aromatic N) is 1. The predicted octanol–water partition coefficient (Wildman–Crippen LogP) is 2.62. The maximum atomic E-state index is 8.60. The first-order valence-electron chi connectivity index (χ1n) is 5.62. The Labute approximate surface area is 87.0 Å². The van der Waals surface area contributed by atoms with E-state index >= 15 is 0 Å². The monoisotopic (exact) mass is 192 g/mol. The van der Waals surface area contributed by atoms with Gasteiger partial charge in [-0.2, -0.15) is 5.26 Å². The topological polar surface area (TPSA) is 35.8 Å². The number of allylic oxidation sites excluding steroid dienone is 2. The molecule has 0 saturated heterocycles. The van der Waals surface area contributed by atoms with E-state index in [-0.39, 0.29) is 0 Å². The molecule has 0 radical (unpaired) electrons. The van der Waals surface area contributed by atoms with Crippen molar-refractivity contribution in [2.75, 3.05) is 6.54 Å². The first-order valence-corrected chi connectivity index (χ1v) is 5.62. The Kier molecular flexibility index (Phi) is 5.32. The molecule has 0 aromatic heterocycles. The van der Waals surface area contributed by atoms with Gasteiger partial charge < -0.3 is 5.32 Å². The summed E-state index contributed by atoms with van der Waals surface area (Å²) in [4.78, 5) is 0. The molecule has 2 nitrogen and oxygen atoms in total. The third-order valence-electron chi connectivity index (χ3n) is 2.90. The lowest BCUT2D eigenvalue weighted by Crippen LogP contribution is -2.33. The van der Waals surface area contributed by atoms with Crippen LogP contribution in [-0.2, 0) is 0 Å². The molecule has 0 bridgehead atoms. The zero-order valence-corrected chi connectivity index (χ0v) is 9.00. The molecule has 1 aliphatic carbocycles. The normalized spacial score (nSPS) is 23.0. The third-order valence-corrected chi connectivity index (χ3v) is 2.90. The van der Waals surface area contributed by atoms with Crippen LogP contribution in [0.2, 0.25) is 0 Å². The molecular weight excluding hydrogens is 172 g/mol. The fourth-order valence-corrected chi connectivity index (χ4v) is 1.85. The van der Waals surface area contributed by atoms with Crippen LogP contribution in [-0.4, -0.2) is 12.6 Å². The van der Waals surface area contributed by atoms with Crippen LogP contribution in [0.1, 0.15) is 39.0 Å². The van der Waals surface area contributed by atoms with Crippen molar-refractivity contribution in [3.05, 3.63) is 12.2 Å². The molecule has 0 saturated carbocycles. The summed E-state index contributed by atoms with van der Waals surface area (Å²) in [6.45, 7) is 3.21. The Balaban J connectivity index is 2.18. The van der Waals surface area contributed by atoms with Gasteiger partial charge in [-0.3, -0.25) is 0 Å². The lowest BCUT2D eigenvalue weighted by molar-refractivity contribution is 0.397. The number of hydrogen-bond acceptors (Lipinski definition) is 2. The molecular formula is C12H20N2. The maximum absolute atomic E-state index is 8.60. The number of hydrogen-bond donors (Lipinski definition) is 1. The largest absolute Gasteiger partial charge is 0.313 e. The van der Waals surface area contributed by atoms with Gasteiger partial charge >= 0.3 is 0 Å². The molecule has 78 valence electrons. The second-order valence-corrected chi connectivity index (χ2v) is 4.03. The minimum absolute atomic E-state index is 0.394. The van der Waals surface area contributed by atoms with Crippen LogP contribution in [0.3, 0.4) is 0 Å². The Bertz CT molecular complexity index is 215. The minimum atomic E-state index is 0.394. The van der Waals surface area contributed by atoms with Crippen molar-refractivity contribution in [2.24, 2.45) is 5.92 Å². The highest BCUT2D eigenvalue weighted by Crippen LogP contribution is 2.17. The quantitative estimate of drug-likeness (QED) is 0.680. The van der Waals surface area contributed by atoms with Crippen LogP contribution in [0, 0.1) is 17.2 Å². The highest BCUT2D eigenvalue weighted by atomic mass is 14.9. The van der Waals surface area contributed by atoms with E-state index in [1.807, 2.05) is 0 Å². The molecule has 0 aromatic carbocycles. The maximum Gasteiger partial charge on any atom is 0.0638 e. The first-order chi connectivity index (χ1) is 6.86. The van der Waals surface area contributed by atoms with Gasteiger partial charge in [-0.05, 0) is 38.1 Å². The third kappa shape index (κ3) is 3.93. The molecule has 1 N–H and O–H groups in total. The van der Waals surface area contributed by atoms with E-state index in [2.05, 4.69) is 30.5 Å². The molecule has 0 amide bonds. The van der Waals surface area contributed by atoms with Gasteiger partial charge in [0, 0.05) is 6.04 Å². The van der Waals surface area contributed by atoms with Gasteiger partial charge in [-0.15, -0.1) is 0 Å². The van der Waals surface area contributed by atoms with Gasteiger partial charge in [0.1, 0.15) is 0 Å². The van der Waals surface area contributed by atoms with Gasteiger partial charge in [0.25, 0.3) is 0 Å². The average molecular weight is 192 g/mol. The zero-order valence-electron chi connectivity index (χ0n) is 9.00. The van der Waals surface area contributed by atoms with Crippen LogP contribution in [0.4, 0.5) is 0 Å². The highest BCUT2D eigenvalue weighted by Gasteiger charge is 2.11. The van der Waals surface area contributed by atoms with E-state index in [4.69, 9.17) is 5.26 Å². The zero-order chi connectivity index (χ0) is 10.2. The van der Waals surface area contributed by atoms with Crippen LogP contribution >= 0.6 is 0 Å². The van der Waals surface area contributed by atoms with Gasteiger partial charge in [0.2, 0.25) is 0 Å². The number of rotatable bonds is 5. The van der Waals surface area contributed by atoms with E-state index in [9.17, 15) is 0 Å². The smallest absolute Gasteiger partial charge is 0.0638 e. The predicted molar refractivity (Wildman–Crippen MR) is 58.8 cm³/mol. The van der Waals surface area contributed by atoms with Crippen LogP contribution in [0.5, 0.6) is 0 Å². The van der Waals surface area contributed by atoms with Gasteiger partial charge in [0.15, 0.2) is 0 Å². The van der Waals surface area contributed by atoms with Crippen LogP contribution < -0.4 is 5.32 Å². The van der Waals surface area contributed by atoms with Gasteiger partial charge in [0.05, 0.1) is 12.5 Å². The van der Waals surface area contributed by atoms with Crippen molar-refractivity contribution in [1.29, 1.82) is 5.26 Å². The summed E-state index contributed by atoms with van der Waals surface area (Å²) in [5, 5.41) is 12.1. The SMILES string of the molecule is CCC(CC#N)NCC1CC=CCC1. The summed E-state index contributed by atoms with van der Waals surface area (Å²) < 4.78 is 0. The molecule has 0 heterocycles. The molecule has 1 aliphatic rings. The van der Waals surface area contributed by atoms with E-state index < -0.39 is 0 Å². The summed E-state index contributed by atoms with van der Waals surface area (Å²) in [5.41, 5.74) is 0. The number of nitrogens with one attached hydrogen (secondary N) is 1. The van der Waals surface area contributed by atoms with Crippen molar-refractivity contribution in [1.82, 2.24) is 5.32 Å². The Hall–Kier alpha value is -0.810. The fraction of sp³-hybridized carbons (Fsp3) is 0.750. The molecule has 2 unspecified atom stereocenters. The van der Waals surface area contributed by atoms with Crippen molar-refractivity contribution in [3.63, 3.8) is 0 Å². The second kappa shape index (κ2) is 6.62. The van der Waals surface area contributed by atoms with Crippen LogP contribution in [0.25, 0.3) is 0 Å². The lowest BCUT2D eigenvalue weighted by atomic mass is 9.94. The Morgan fingerprint density at radius 2 is 2.43 bits per heavy atom. The Morgan fingerprint density at radius 1 is 1.57 bits per heavy atom. The summed E-state index contributed by atoms with van der Waals surface area (Å²) in [6.07, 6.45) is 9.96. The molecule has 1 rings (SSSR count). The van der Waals surface area contributed by atoms with E-state index in [1.165, 1.54) is 19.3 Å². The van der Waals surface area contributed by atoms with E-state index in [0.717, 1.165) is 18.9 Å². The highest BCUT2D eigenvalue weighted by molar-refractivity contribution is 4.91. The lowest BCUT2D eigenvalue weighted by Gasteiger charge is -2.21. The standard InChI is InChI=1S/C12H20N2/c1-2-12(8-9-13)14-10-11-6-4-3-5-7-11/h3-4,11-12,14H,2,5-8,10H2,1H3. The second-order valence-electron chi connectivity index (χ2n) is 4.03. The minimum Gasteiger partial charge on any atom is -0.313 e. The van der Waals surface area contributed by atoms with Crippen molar-refractivity contribution < 1.29 is 0 Å². The molecule has 0 aliphatic heterocycles. The van der Waals surface area contributed by atoms with Gasteiger partial charge in [-0.25, -0.2) is 0 Å². The van der Waals surface area contributed by atoms with Crippen molar-refractivity contribution >= 4 is 0 Å². The van der Waals surface area contributed by atoms with Crippen LogP contribution in [0.15, 0.2) is 12.2 Å². The van der Waals surface area contributed by atoms with Gasteiger partial charge in [-0.1, -0.05) is 19.1 Å². The summed E-state index contributed by atoms with van der Waals surface area (Å²) in [7, 11) is 0. The summed E-state index contributed by atoms with van der Waals surface area (Å²) in [5.74, 6) is 0.785. The average Bonchev–Trinajstić information content (AvgIpc) is 2.25. The first kappa shape index (κ1) is 11.3. The fourth-order valence-electron chi connectivity index (χ4n) is 1.85. The molecule has 2 heteroatoms.